The highest BCUT2D eigenvalue weighted by molar-refractivity contribution is 6.00. The molecule has 0 bridgehead atoms. The number of methoxy groups -OCH3 is 1. The molecule has 0 saturated heterocycles. The van der Waals surface area contributed by atoms with Crippen molar-refractivity contribution in [2.45, 2.75) is 31.5 Å². The van der Waals surface area contributed by atoms with Crippen LogP contribution >= 0.6 is 0 Å². The number of hydrogen-bond donors (Lipinski definition) is 4. The van der Waals surface area contributed by atoms with Gasteiger partial charge in [-0.2, -0.15) is 0 Å². The number of nitrogens with zero attached hydrogens (tertiary/aromatic N) is 1. The highest BCUT2D eigenvalue weighted by Gasteiger charge is 2.38. The van der Waals surface area contributed by atoms with Gasteiger partial charge in [0.25, 0.3) is 5.91 Å². The van der Waals surface area contributed by atoms with Gasteiger partial charge in [0.15, 0.2) is 0 Å². The number of rotatable bonds is 11. The predicted molar refractivity (Wildman–Crippen MR) is 154 cm³/mol. The van der Waals surface area contributed by atoms with Gasteiger partial charge in [0.05, 0.1) is 31.3 Å². The van der Waals surface area contributed by atoms with Gasteiger partial charge in [-0.05, 0) is 55.3 Å². The first-order valence-corrected chi connectivity index (χ1v) is 13.1. The Bertz CT molecular complexity index is 1520. The van der Waals surface area contributed by atoms with Crippen molar-refractivity contribution in [2.24, 2.45) is 5.73 Å². The van der Waals surface area contributed by atoms with Crippen LogP contribution in [0.2, 0.25) is 0 Å². The summed E-state index contributed by atoms with van der Waals surface area (Å²) in [4.78, 5) is 13.1. The molecule has 2 unspecified atom stereocenters. The Labute approximate surface area is 237 Å². The van der Waals surface area contributed by atoms with Crippen LogP contribution in [0.15, 0.2) is 78.2 Å². The molecule has 1 aliphatic rings. The largest absolute Gasteiger partial charge is 0.495 e. The second-order valence-electron chi connectivity index (χ2n) is 10.5. The number of aliphatic hydroxyl groups excluding tert-OH is 1. The monoisotopic (exact) mass is 567 g/mol. The molecule has 2 atom stereocenters. The van der Waals surface area contributed by atoms with Crippen molar-refractivity contribution in [3.05, 3.63) is 95.2 Å². The molecule has 2 aromatic carbocycles. The lowest BCUT2D eigenvalue weighted by Gasteiger charge is -2.28. The van der Waals surface area contributed by atoms with E-state index in [1.54, 1.807) is 56.5 Å². The van der Waals surface area contributed by atoms with Crippen LogP contribution in [0.3, 0.4) is 0 Å². The maximum atomic E-state index is 14.4. The second kappa shape index (κ2) is 11.9. The number of benzene rings is 2. The van der Waals surface area contributed by atoms with E-state index in [9.17, 15) is 23.8 Å². The lowest BCUT2D eigenvalue weighted by molar-refractivity contribution is 0.0476. The Balaban J connectivity index is 1.59. The van der Waals surface area contributed by atoms with Gasteiger partial charge in [-0.3, -0.25) is 4.79 Å². The van der Waals surface area contributed by atoms with Gasteiger partial charge in [0.2, 0.25) is 0 Å². The van der Waals surface area contributed by atoms with E-state index in [0.717, 1.165) is 10.9 Å². The zero-order chi connectivity index (χ0) is 29.9. The Kier molecular flexibility index (Phi) is 8.67. The number of carbonyl (C=O) groups excluding carboxylic acids is 1. The Morgan fingerprint density at radius 2 is 2.00 bits per heavy atom. The van der Waals surface area contributed by atoms with E-state index in [4.69, 9.17) is 15.2 Å². The molecule has 4 rings (SSSR count). The Morgan fingerprint density at radius 3 is 2.63 bits per heavy atom. The third-order valence-corrected chi connectivity index (χ3v) is 7.35. The summed E-state index contributed by atoms with van der Waals surface area (Å²) in [6.45, 7) is 6.20. The molecule has 0 fully saturated rings. The topological polar surface area (TPSA) is 119 Å². The van der Waals surface area contributed by atoms with Crippen molar-refractivity contribution >= 4 is 22.4 Å². The molecule has 0 aliphatic carbocycles. The average Bonchev–Trinajstić information content (AvgIpc) is 3.50. The highest BCUT2D eigenvalue weighted by Crippen LogP contribution is 2.37. The summed E-state index contributed by atoms with van der Waals surface area (Å²) in [5, 5.41) is 23.9. The average molecular weight is 568 g/mol. The number of aliphatic hydroxyl groups is 2. The van der Waals surface area contributed by atoms with E-state index >= 15 is 0 Å². The number of halogens is 2. The van der Waals surface area contributed by atoms with Crippen LogP contribution < -0.4 is 15.8 Å². The van der Waals surface area contributed by atoms with Crippen molar-refractivity contribution in [1.82, 2.24) is 9.88 Å². The van der Waals surface area contributed by atoms with Gasteiger partial charge in [0.1, 0.15) is 36.2 Å². The van der Waals surface area contributed by atoms with Gasteiger partial charge in [-0.15, -0.1) is 0 Å². The van der Waals surface area contributed by atoms with Crippen LogP contribution in [0.4, 0.5) is 8.78 Å². The summed E-state index contributed by atoms with van der Waals surface area (Å²) in [6.07, 6.45) is 3.34. The molecule has 10 heteroatoms. The number of hydrogen-bond acceptors (Lipinski definition) is 6. The molecule has 3 aromatic rings. The van der Waals surface area contributed by atoms with Crippen LogP contribution in [-0.4, -0.2) is 65.4 Å². The van der Waals surface area contributed by atoms with Crippen molar-refractivity contribution in [1.29, 1.82) is 0 Å². The number of nitrogens with one attached hydrogen (secondary N) is 1. The van der Waals surface area contributed by atoms with E-state index in [1.807, 2.05) is 4.57 Å². The summed E-state index contributed by atoms with van der Waals surface area (Å²) in [5.41, 5.74) is 6.25. The summed E-state index contributed by atoms with van der Waals surface area (Å²) in [6, 6.07) is 10.8. The van der Waals surface area contributed by atoms with Crippen LogP contribution in [0.1, 0.15) is 29.8 Å². The van der Waals surface area contributed by atoms with Crippen LogP contribution in [0.25, 0.3) is 16.5 Å². The first-order valence-electron chi connectivity index (χ1n) is 13.1. The lowest BCUT2D eigenvalue weighted by atomic mass is 9.86. The van der Waals surface area contributed by atoms with Gasteiger partial charge in [-0.25, -0.2) is 8.78 Å². The minimum absolute atomic E-state index is 0.0575. The smallest absolute Gasteiger partial charge is 0.251 e. The molecule has 1 amide bonds. The predicted octanol–water partition coefficient (Wildman–Crippen LogP) is 3.87. The molecule has 8 nitrogen and oxygen atoms in total. The number of ether oxygens (including phenoxy) is 2. The van der Waals surface area contributed by atoms with E-state index in [2.05, 4.69) is 11.9 Å². The standard InChI is InChI=1S/C31H35F2N3O5/c1-19(13-25-28(41-18-30(25,3)34)20(2)21-5-7-24(33)8-6-21)31(39,16-32)17-35-29(38)23-14-22-9-10-36(11-12-37)27(22)26(15-23)40-4/h5-10,13-15,37,39H,2,11-12,16-18,34H2,1,3-4H3,(H,35,38)/b19-13+. The number of nitrogens with two attached hydrogens (primary N) is 1. The zero-order valence-corrected chi connectivity index (χ0v) is 23.3. The summed E-state index contributed by atoms with van der Waals surface area (Å²) < 4.78 is 40.9. The molecule has 218 valence electrons. The third kappa shape index (κ3) is 6.04. The molecular formula is C31H35F2N3O5. The number of fused-ring (bicyclic) bond motifs is 1. The number of aromatic nitrogens is 1. The minimum Gasteiger partial charge on any atom is -0.495 e. The molecule has 2 heterocycles. The molecular weight excluding hydrogens is 532 g/mol. The molecule has 1 aromatic heterocycles. The van der Waals surface area contributed by atoms with Gasteiger partial charge >= 0.3 is 0 Å². The van der Waals surface area contributed by atoms with Gasteiger partial charge < -0.3 is 35.3 Å². The van der Waals surface area contributed by atoms with E-state index in [0.29, 0.717) is 34.8 Å². The number of allylic oxidation sites excluding steroid dienone is 1. The fraction of sp³-hybridized carbons (Fsp3) is 0.323. The first-order chi connectivity index (χ1) is 19.4. The van der Waals surface area contributed by atoms with Crippen molar-refractivity contribution in [3.8, 4) is 5.75 Å². The summed E-state index contributed by atoms with van der Waals surface area (Å²) >= 11 is 0. The normalized spacial score (nSPS) is 18.8. The molecule has 0 radical (unpaired) electrons. The quantitative estimate of drug-likeness (QED) is 0.279. The fourth-order valence-corrected chi connectivity index (χ4v) is 4.76. The zero-order valence-electron chi connectivity index (χ0n) is 23.3. The van der Waals surface area contributed by atoms with Crippen LogP contribution in [-0.2, 0) is 11.3 Å². The lowest BCUT2D eigenvalue weighted by Crippen LogP contribution is -2.46. The maximum Gasteiger partial charge on any atom is 0.251 e. The number of alkyl halides is 1. The SMILES string of the molecule is C=C(C1=C(/C=C(\C)C(O)(CF)CNC(=O)c2cc(OC)c3c(ccn3CCO)c2)C(C)(N)CO1)c1ccc(F)cc1. The molecule has 0 spiro atoms. The van der Waals surface area contributed by atoms with Gasteiger partial charge in [0, 0.05) is 34.8 Å². The van der Waals surface area contributed by atoms with Crippen molar-refractivity contribution < 1.29 is 33.3 Å². The highest BCUT2D eigenvalue weighted by atomic mass is 19.1. The van der Waals surface area contributed by atoms with E-state index < -0.39 is 36.1 Å². The molecule has 0 saturated carbocycles. The van der Waals surface area contributed by atoms with Gasteiger partial charge in [-0.1, -0.05) is 24.8 Å². The Hall–Kier alpha value is -3.99. The van der Waals surface area contributed by atoms with Crippen LogP contribution in [0.5, 0.6) is 5.75 Å². The van der Waals surface area contributed by atoms with Crippen LogP contribution in [0, 0.1) is 5.82 Å². The van der Waals surface area contributed by atoms with Crippen molar-refractivity contribution in [2.75, 3.05) is 33.5 Å². The molecule has 41 heavy (non-hydrogen) atoms. The minimum atomic E-state index is -2.04. The number of amides is 1. The third-order valence-electron chi connectivity index (χ3n) is 7.35. The summed E-state index contributed by atoms with van der Waals surface area (Å²) in [5.74, 6) is -0.125. The number of carbonyl (C=O) groups is 1. The van der Waals surface area contributed by atoms with Crippen molar-refractivity contribution in [3.63, 3.8) is 0 Å². The fourth-order valence-electron chi connectivity index (χ4n) is 4.76. The van der Waals surface area contributed by atoms with E-state index in [-0.39, 0.29) is 24.4 Å². The maximum absolute atomic E-state index is 14.4. The molecule has 1 aliphatic heterocycles. The molecule has 5 N–H and O–H groups in total. The summed E-state index contributed by atoms with van der Waals surface area (Å²) in [7, 11) is 1.48. The first kappa shape index (κ1) is 30.0. The Morgan fingerprint density at radius 1 is 1.29 bits per heavy atom. The second-order valence-corrected chi connectivity index (χ2v) is 10.5. The van der Waals surface area contributed by atoms with E-state index in [1.165, 1.54) is 19.2 Å².